The van der Waals surface area contributed by atoms with E-state index in [1.165, 1.54) is 24.4 Å². The van der Waals surface area contributed by atoms with E-state index in [0.29, 0.717) is 17.4 Å². The molecule has 1 aliphatic carbocycles. The molecule has 0 N–H and O–H groups in total. The minimum atomic E-state index is -0.231. The molecule has 0 amide bonds. The van der Waals surface area contributed by atoms with Crippen LogP contribution in [-0.4, -0.2) is 16.9 Å². The number of ether oxygens (including phenoxy) is 1. The van der Waals surface area contributed by atoms with Crippen molar-refractivity contribution in [3.05, 3.63) is 29.1 Å². The predicted molar refractivity (Wildman–Crippen MR) is 62.6 cm³/mol. The first-order chi connectivity index (χ1) is 7.84. The fraction of sp³-hybridized carbons (Fsp3) is 0.333. The average Bonchev–Trinajstić information content (AvgIpc) is 3.04. The van der Waals surface area contributed by atoms with Crippen molar-refractivity contribution < 1.29 is 9.53 Å². The molecule has 0 saturated heterocycles. The van der Waals surface area contributed by atoms with E-state index in [0.717, 1.165) is 10.9 Å². The Hall–Kier alpha value is -1.42. The van der Waals surface area contributed by atoms with Crippen LogP contribution in [0.3, 0.4) is 0 Å². The summed E-state index contributed by atoms with van der Waals surface area (Å²) in [5.41, 5.74) is 0.867. The standard InChI is InChI=1S/C12H11NO2S/c14-12(15-7-8-5-6-8)11-9-3-1-2-4-10(9)13-16-11/h1-4,8H,5-7H2. The van der Waals surface area contributed by atoms with E-state index < -0.39 is 0 Å². The summed E-state index contributed by atoms with van der Waals surface area (Å²) in [4.78, 5) is 12.4. The van der Waals surface area contributed by atoms with Crippen LogP contribution in [0.15, 0.2) is 24.3 Å². The van der Waals surface area contributed by atoms with E-state index in [1.54, 1.807) is 0 Å². The third kappa shape index (κ3) is 1.80. The Kier molecular flexibility index (Phi) is 2.36. The highest BCUT2D eigenvalue weighted by Gasteiger charge is 2.24. The molecule has 0 spiro atoms. The Morgan fingerprint density at radius 1 is 1.44 bits per heavy atom. The quantitative estimate of drug-likeness (QED) is 0.765. The number of fused-ring (bicyclic) bond motifs is 1. The Morgan fingerprint density at radius 2 is 2.25 bits per heavy atom. The van der Waals surface area contributed by atoms with Gasteiger partial charge in [0.15, 0.2) is 0 Å². The number of carbonyl (C=O) groups is 1. The van der Waals surface area contributed by atoms with Gasteiger partial charge < -0.3 is 4.74 Å². The summed E-state index contributed by atoms with van der Waals surface area (Å²) >= 11 is 1.22. The Labute approximate surface area is 97.2 Å². The number of aromatic nitrogens is 1. The molecule has 3 rings (SSSR count). The van der Waals surface area contributed by atoms with Crippen LogP contribution < -0.4 is 0 Å². The highest BCUT2D eigenvalue weighted by molar-refractivity contribution is 7.09. The lowest BCUT2D eigenvalue weighted by Crippen LogP contribution is -2.05. The molecule has 0 unspecified atom stereocenters. The van der Waals surface area contributed by atoms with Gasteiger partial charge >= 0.3 is 5.97 Å². The Morgan fingerprint density at radius 3 is 3.06 bits per heavy atom. The molecular weight excluding hydrogens is 222 g/mol. The molecule has 1 aromatic heterocycles. The number of carbonyl (C=O) groups excluding carboxylic acids is 1. The lowest BCUT2D eigenvalue weighted by molar-refractivity contribution is 0.0494. The Balaban J connectivity index is 1.83. The summed E-state index contributed by atoms with van der Waals surface area (Å²) in [6.07, 6.45) is 2.38. The van der Waals surface area contributed by atoms with E-state index in [-0.39, 0.29) is 5.97 Å². The van der Waals surface area contributed by atoms with E-state index >= 15 is 0 Å². The van der Waals surface area contributed by atoms with Gasteiger partial charge in [-0.1, -0.05) is 18.2 Å². The highest BCUT2D eigenvalue weighted by Crippen LogP contribution is 2.30. The maximum atomic E-state index is 11.8. The van der Waals surface area contributed by atoms with Crippen molar-refractivity contribution in [2.45, 2.75) is 12.8 Å². The largest absolute Gasteiger partial charge is 0.461 e. The number of hydrogen-bond donors (Lipinski definition) is 0. The SMILES string of the molecule is O=C(OCC1CC1)c1snc2ccccc12. The topological polar surface area (TPSA) is 39.2 Å². The fourth-order valence-electron chi connectivity index (χ4n) is 1.58. The number of rotatable bonds is 3. The third-order valence-electron chi connectivity index (χ3n) is 2.72. The summed E-state index contributed by atoms with van der Waals surface area (Å²) in [6, 6.07) is 7.64. The van der Waals surface area contributed by atoms with Gasteiger partial charge in [0, 0.05) is 5.39 Å². The molecule has 2 aromatic rings. The van der Waals surface area contributed by atoms with Gasteiger partial charge in [0.2, 0.25) is 0 Å². The van der Waals surface area contributed by atoms with E-state index in [4.69, 9.17) is 4.74 Å². The molecule has 1 heterocycles. The first kappa shape index (κ1) is 9.78. The van der Waals surface area contributed by atoms with E-state index in [1.807, 2.05) is 24.3 Å². The van der Waals surface area contributed by atoms with Crippen molar-refractivity contribution in [3.8, 4) is 0 Å². The van der Waals surface area contributed by atoms with Crippen molar-refractivity contribution in [2.24, 2.45) is 5.92 Å². The van der Waals surface area contributed by atoms with Crippen molar-refractivity contribution in [3.63, 3.8) is 0 Å². The third-order valence-corrected chi connectivity index (χ3v) is 3.57. The number of hydrogen-bond acceptors (Lipinski definition) is 4. The molecule has 3 nitrogen and oxygen atoms in total. The first-order valence-electron chi connectivity index (χ1n) is 5.36. The van der Waals surface area contributed by atoms with Crippen LogP contribution in [0.4, 0.5) is 0 Å². The van der Waals surface area contributed by atoms with Gasteiger partial charge in [-0.15, -0.1) is 0 Å². The molecule has 1 aliphatic rings. The second-order valence-electron chi connectivity index (χ2n) is 4.07. The fourth-order valence-corrected chi connectivity index (χ4v) is 2.33. The first-order valence-corrected chi connectivity index (χ1v) is 6.13. The van der Waals surface area contributed by atoms with Crippen molar-refractivity contribution in [1.82, 2.24) is 4.37 Å². The monoisotopic (exact) mass is 233 g/mol. The van der Waals surface area contributed by atoms with Crippen LogP contribution in [0, 0.1) is 5.92 Å². The van der Waals surface area contributed by atoms with Crippen LogP contribution >= 0.6 is 11.5 Å². The minimum Gasteiger partial charge on any atom is -0.461 e. The predicted octanol–water partition coefficient (Wildman–Crippen LogP) is 2.86. The summed E-state index contributed by atoms with van der Waals surface area (Å²) in [7, 11) is 0. The lowest BCUT2D eigenvalue weighted by Gasteiger charge is -2.00. The summed E-state index contributed by atoms with van der Waals surface area (Å²) in [5.74, 6) is 0.369. The molecule has 0 atom stereocenters. The molecule has 82 valence electrons. The zero-order valence-electron chi connectivity index (χ0n) is 8.68. The molecule has 0 radical (unpaired) electrons. The van der Waals surface area contributed by atoms with Gasteiger partial charge in [-0.3, -0.25) is 0 Å². The van der Waals surface area contributed by atoms with E-state index in [9.17, 15) is 4.79 Å². The highest BCUT2D eigenvalue weighted by atomic mass is 32.1. The van der Waals surface area contributed by atoms with Gasteiger partial charge in [0.25, 0.3) is 0 Å². The maximum absolute atomic E-state index is 11.8. The molecule has 16 heavy (non-hydrogen) atoms. The van der Waals surface area contributed by atoms with Gasteiger partial charge in [-0.05, 0) is 36.4 Å². The zero-order chi connectivity index (χ0) is 11.0. The zero-order valence-corrected chi connectivity index (χ0v) is 9.50. The van der Waals surface area contributed by atoms with Crippen LogP contribution in [0.25, 0.3) is 10.9 Å². The lowest BCUT2D eigenvalue weighted by atomic mass is 10.2. The molecule has 1 saturated carbocycles. The summed E-state index contributed by atoms with van der Waals surface area (Å²) < 4.78 is 9.47. The van der Waals surface area contributed by atoms with Gasteiger partial charge in [-0.2, -0.15) is 4.37 Å². The minimum absolute atomic E-state index is 0.231. The van der Waals surface area contributed by atoms with Crippen molar-refractivity contribution in [1.29, 1.82) is 0 Å². The summed E-state index contributed by atoms with van der Waals surface area (Å²) in [6.45, 7) is 0.561. The number of nitrogens with zero attached hydrogens (tertiary/aromatic N) is 1. The average molecular weight is 233 g/mol. The van der Waals surface area contributed by atoms with Crippen LogP contribution in [0.1, 0.15) is 22.5 Å². The molecular formula is C12H11NO2S. The van der Waals surface area contributed by atoms with Gasteiger partial charge in [0.1, 0.15) is 4.88 Å². The van der Waals surface area contributed by atoms with Crippen LogP contribution in [0.2, 0.25) is 0 Å². The normalized spacial score (nSPS) is 15.2. The molecule has 4 heteroatoms. The second-order valence-corrected chi connectivity index (χ2v) is 4.84. The van der Waals surface area contributed by atoms with Crippen molar-refractivity contribution >= 4 is 28.4 Å². The van der Waals surface area contributed by atoms with Crippen LogP contribution in [-0.2, 0) is 4.74 Å². The molecule has 1 fully saturated rings. The molecule has 1 aromatic carbocycles. The van der Waals surface area contributed by atoms with Crippen LogP contribution in [0.5, 0.6) is 0 Å². The number of esters is 1. The van der Waals surface area contributed by atoms with Crippen molar-refractivity contribution in [2.75, 3.05) is 6.61 Å². The number of benzene rings is 1. The van der Waals surface area contributed by atoms with Gasteiger partial charge in [-0.25, -0.2) is 4.79 Å². The second kappa shape index (κ2) is 3.87. The smallest absolute Gasteiger partial charge is 0.350 e. The molecule has 0 bridgehead atoms. The maximum Gasteiger partial charge on any atom is 0.350 e. The Bertz CT molecular complexity index is 531. The summed E-state index contributed by atoms with van der Waals surface area (Å²) in [5, 5.41) is 0.897. The molecule has 0 aliphatic heterocycles. The van der Waals surface area contributed by atoms with E-state index in [2.05, 4.69) is 4.37 Å². The van der Waals surface area contributed by atoms with Gasteiger partial charge in [0.05, 0.1) is 12.1 Å².